The lowest BCUT2D eigenvalue weighted by Gasteiger charge is -2.09. The van der Waals surface area contributed by atoms with Crippen LogP contribution in [0.1, 0.15) is 0 Å². The monoisotopic (exact) mass is 395 g/mol. The van der Waals surface area contributed by atoms with Crippen LogP contribution < -0.4 is 10.5 Å². The Hall–Kier alpha value is -1.02. The summed E-state index contributed by atoms with van der Waals surface area (Å²) in [5.74, 6) is 0.130. The molecule has 3 N–H and O–H groups in total. The van der Waals surface area contributed by atoms with Gasteiger partial charge in [-0.05, 0) is 40.2 Å². The van der Waals surface area contributed by atoms with Crippen molar-refractivity contribution in [1.82, 2.24) is 4.98 Å². The number of sulfonamides is 1. The van der Waals surface area contributed by atoms with Crippen LogP contribution in [0, 0.1) is 0 Å². The summed E-state index contributed by atoms with van der Waals surface area (Å²) in [5, 5.41) is 0.427. The van der Waals surface area contributed by atoms with Crippen LogP contribution in [0.4, 0.5) is 11.5 Å². The van der Waals surface area contributed by atoms with Crippen LogP contribution in [-0.2, 0) is 10.0 Å². The maximum atomic E-state index is 12.2. The number of halogens is 3. The van der Waals surface area contributed by atoms with Gasteiger partial charge in [0.1, 0.15) is 0 Å². The third-order valence-corrected chi connectivity index (χ3v) is 4.97. The van der Waals surface area contributed by atoms with Gasteiger partial charge in [0.25, 0.3) is 10.0 Å². The zero-order chi connectivity index (χ0) is 14.9. The Kier molecular flexibility index (Phi) is 4.43. The highest BCUT2D eigenvalue weighted by atomic mass is 79.9. The topological polar surface area (TPSA) is 85.1 Å². The van der Waals surface area contributed by atoms with Gasteiger partial charge in [-0.25, -0.2) is 13.4 Å². The average molecular weight is 397 g/mol. The molecule has 0 amide bonds. The quantitative estimate of drug-likeness (QED) is 0.830. The van der Waals surface area contributed by atoms with E-state index in [1.165, 1.54) is 24.4 Å². The first-order valence-electron chi connectivity index (χ1n) is 5.18. The average Bonchev–Trinajstić information content (AvgIpc) is 2.36. The zero-order valence-corrected chi connectivity index (χ0v) is 13.7. The Morgan fingerprint density at radius 3 is 2.50 bits per heavy atom. The minimum atomic E-state index is -3.81. The van der Waals surface area contributed by atoms with E-state index in [0.717, 1.165) is 0 Å². The molecule has 0 aliphatic heterocycles. The van der Waals surface area contributed by atoms with Crippen molar-refractivity contribution in [2.45, 2.75) is 4.90 Å². The van der Waals surface area contributed by atoms with Gasteiger partial charge in [0.2, 0.25) is 0 Å². The van der Waals surface area contributed by atoms with E-state index in [2.05, 4.69) is 25.6 Å². The maximum absolute atomic E-state index is 12.2. The number of nitrogen functional groups attached to an aromatic ring is 1. The molecule has 1 aromatic carbocycles. The molecule has 1 aromatic heterocycles. The van der Waals surface area contributed by atoms with Crippen molar-refractivity contribution in [3.63, 3.8) is 0 Å². The number of nitrogens with two attached hydrogens (primary N) is 1. The van der Waals surface area contributed by atoms with Crippen molar-refractivity contribution >= 4 is 60.7 Å². The van der Waals surface area contributed by atoms with Gasteiger partial charge in [0.15, 0.2) is 5.82 Å². The molecule has 0 radical (unpaired) electrons. The molecule has 0 aliphatic carbocycles. The lowest BCUT2D eigenvalue weighted by atomic mass is 10.4. The second-order valence-electron chi connectivity index (χ2n) is 3.78. The van der Waals surface area contributed by atoms with Crippen molar-refractivity contribution in [2.24, 2.45) is 0 Å². The van der Waals surface area contributed by atoms with Crippen LogP contribution in [-0.4, -0.2) is 13.4 Å². The van der Waals surface area contributed by atoms with E-state index >= 15 is 0 Å². The van der Waals surface area contributed by atoms with Gasteiger partial charge in [-0.15, -0.1) is 0 Å². The molecule has 0 unspecified atom stereocenters. The third kappa shape index (κ3) is 3.35. The highest BCUT2D eigenvalue weighted by molar-refractivity contribution is 9.10. The summed E-state index contributed by atoms with van der Waals surface area (Å²) in [4.78, 5) is 3.89. The summed E-state index contributed by atoms with van der Waals surface area (Å²) in [6.45, 7) is 0. The summed E-state index contributed by atoms with van der Waals surface area (Å²) in [7, 11) is -3.81. The minimum Gasteiger partial charge on any atom is -0.397 e. The van der Waals surface area contributed by atoms with Crippen molar-refractivity contribution in [3.8, 4) is 0 Å². The smallest absolute Gasteiger partial charge is 0.263 e. The van der Waals surface area contributed by atoms with Gasteiger partial charge in [0, 0.05) is 0 Å². The summed E-state index contributed by atoms with van der Waals surface area (Å²) < 4.78 is 27.2. The molecule has 0 bridgehead atoms. The van der Waals surface area contributed by atoms with E-state index in [9.17, 15) is 8.42 Å². The van der Waals surface area contributed by atoms with E-state index in [0.29, 0.717) is 10.2 Å². The van der Waals surface area contributed by atoms with Gasteiger partial charge in [-0.3, -0.25) is 4.72 Å². The zero-order valence-electron chi connectivity index (χ0n) is 9.77. The molecule has 0 saturated heterocycles. The van der Waals surface area contributed by atoms with Crippen molar-refractivity contribution < 1.29 is 8.42 Å². The molecule has 0 aliphatic rings. The van der Waals surface area contributed by atoms with Crippen molar-refractivity contribution in [3.05, 3.63) is 45.0 Å². The number of hydrogen-bond donors (Lipinski definition) is 2. The third-order valence-electron chi connectivity index (χ3n) is 2.29. The summed E-state index contributed by atoms with van der Waals surface area (Å²) in [6.07, 6.45) is 1.34. The molecule has 20 heavy (non-hydrogen) atoms. The van der Waals surface area contributed by atoms with Crippen molar-refractivity contribution in [2.75, 3.05) is 10.5 Å². The van der Waals surface area contributed by atoms with E-state index in [4.69, 9.17) is 28.9 Å². The minimum absolute atomic E-state index is 0.0163. The fourth-order valence-electron chi connectivity index (χ4n) is 1.36. The standard InChI is InChI=1S/C11H8BrCl2N3O2S/c12-8-3-6(15)5-16-11(8)17-20(18,19)7-1-2-9(13)10(14)4-7/h1-5H,15H2,(H,16,17). The molecule has 0 spiro atoms. The Balaban J connectivity index is 2.38. The molecule has 2 aromatic rings. The predicted octanol–water partition coefficient (Wildman–Crippen LogP) is 3.53. The predicted molar refractivity (Wildman–Crippen MR) is 83.6 cm³/mol. The lowest BCUT2D eigenvalue weighted by molar-refractivity contribution is 0.601. The van der Waals surface area contributed by atoms with Gasteiger partial charge in [0.05, 0.1) is 31.3 Å². The number of aromatic nitrogens is 1. The summed E-state index contributed by atoms with van der Waals surface area (Å²) in [6, 6.07) is 5.56. The molecule has 106 valence electrons. The van der Waals surface area contributed by atoms with Crippen molar-refractivity contribution in [1.29, 1.82) is 0 Å². The fraction of sp³-hybridized carbons (Fsp3) is 0. The highest BCUT2D eigenvalue weighted by Crippen LogP contribution is 2.28. The first kappa shape index (κ1) is 15.4. The van der Waals surface area contributed by atoms with Crippen LogP contribution in [0.2, 0.25) is 10.0 Å². The van der Waals surface area contributed by atoms with Gasteiger partial charge < -0.3 is 5.73 Å². The Morgan fingerprint density at radius 1 is 1.20 bits per heavy atom. The lowest BCUT2D eigenvalue weighted by Crippen LogP contribution is -2.14. The van der Waals surface area contributed by atoms with Crippen LogP contribution in [0.3, 0.4) is 0 Å². The second-order valence-corrected chi connectivity index (χ2v) is 7.13. The molecule has 0 saturated carbocycles. The molecule has 2 rings (SSSR count). The van der Waals surface area contributed by atoms with Gasteiger partial charge >= 0.3 is 0 Å². The molecular formula is C11H8BrCl2N3O2S. The number of benzene rings is 1. The largest absolute Gasteiger partial charge is 0.397 e. The normalized spacial score (nSPS) is 11.3. The second kappa shape index (κ2) is 5.77. The first-order chi connectivity index (χ1) is 9.29. The molecule has 0 atom stereocenters. The van der Waals surface area contributed by atoms with Crippen LogP contribution >= 0.6 is 39.1 Å². The number of nitrogens with zero attached hydrogens (tertiary/aromatic N) is 1. The van der Waals surface area contributed by atoms with E-state index in [1.807, 2.05) is 0 Å². The number of pyridine rings is 1. The van der Waals surface area contributed by atoms with E-state index < -0.39 is 10.0 Å². The molecule has 5 nitrogen and oxygen atoms in total. The molecule has 0 fully saturated rings. The Morgan fingerprint density at radius 2 is 1.90 bits per heavy atom. The summed E-state index contributed by atoms with van der Waals surface area (Å²) >= 11 is 14.7. The van der Waals surface area contributed by atoms with E-state index in [1.54, 1.807) is 6.07 Å². The van der Waals surface area contributed by atoms with Gasteiger partial charge in [-0.2, -0.15) is 0 Å². The van der Waals surface area contributed by atoms with E-state index in [-0.39, 0.29) is 20.8 Å². The molecular weight excluding hydrogens is 389 g/mol. The fourth-order valence-corrected chi connectivity index (χ4v) is 3.37. The number of nitrogens with one attached hydrogen (secondary N) is 1. The number of hydrogen-bond acceptors (Lipinski definition) is 4. The Bertz CT molecular complexity index is 768. The van der Waals surface area contributed by atoms with Gasteiger partial charge in [-0.1, -0.05) is 23.2 Å². The highest BCUT2D eigenvalue weighted by Gasteiger charge is 2.17. The molecule has 9 heteroatoms. The SMILES string of the molecule is Nc1cnc(NS(=O)(=O)c2ccc(Cl)c(Cl)c2)c(Br)c1. The van der Waals surface area contributed by atoms with Crippen LogP contribution in [0.5, 0.6) is 0 Å². The Labute approximate surface area is 134 Å². The van der Waals surface area contributed by atoms with Crippen LogP contribution in [0.25, 0.3) is 0 Å². The number of anilines is 2. The first-order valence-corrected chi connectivity index (χ1v) is 8.22. The summed E-state index contributed by atoms with van der Waals surface area (Å²) in [5.41, 5.74) is 5.95. The number of rotatable bonds is 3. The maximum Gasteiger partial charge on any atom is 0.263 e. The van der Waals surface area contributed by atoms with Crippen LogP contribution in [0.15, 0.2) is 39.8 Å². The molecule has 1 heterocycles.